The molecule has 0 fully saturated rings. The molecule has 110 valence electrons. The van der Waals surface area contributed by atoms with Crippen LogP contribution in [0.2, 0.25) is 0 Å². The fraction of sp³-hybridized carbons (Fsp3) is 0.389. The van der Waals surface area contributed by atoms with Gasteiger partial charge in [-0.15, -0.1) is 11.3 Å². The van der Waals surface area contributed by atoms with Gasteiger partial charge in [-0.2, -0.15) is 0 Å². The van der Waals surface area contributed by atoms with Crippen molar-refractivity contribution in [2.45, 2.75) is 38.5 Å². The number of ketones is 1. The highest BCUT2D eigenvalue weighted by atomic mass is 32.1. The third kappa shape index (κ3) is 3.03. The van der Waals surface area contributed by atoms with Crippen LogP contribution in [0.3, 0.4) is 0 Å². The van der Waals surface area contributed by atoms with Crippen molar-refractivity contribution in [2.24, 2.45) is 0 Å². The van der Waals surface area contributed by atoms with Gasteiger partial charge < -0.3 is 4.74 Å². The zero-order valence-corrected chi connectivity index (χ0v) is 13.1. The van der Waals surface area contributed by atoms with Crippen LogP contribution in [0.1, 0.15) is 52.9 Å². The Labute approximate surface area is 129 Å². The number of rotatable bonds is 5. The number of fused-ring (bicyclic) bond motifs is 1. The van der Waals surface area contributed by atoms with Gasteiger partial charge in [-0.1, -0.05) is 6.92 Å². The Bertz CT molecular complexity index is 612. The van der Waals surface area contributed by atoms with E-state index >= 15 is 0 Å². The van der Waals surface area contributed by atoms with Crippen molar-refractivity contribution in [1.82, 2.24) is 0 Å². The highest BCUT2D eigenvalue weighted by molar-refractivity contribution is 7.10. The number of benzene rings is 1. The maximum absolute atomic E-state index is 12.7. The molecule has 1 heterocycles. The Morgan fingerprint density at radius 2 is 2.10 bits per heavy atom. The molecule has 1 unspecified atom stereocenters. The van der Waals surface area contributed by atoms with Crippen molar-refractivity contribution in [2.75, 3.05) is 6.61 Å². The van der Waals surface area contributed by atoms with Crippen molar-refractivity contribution in [3.8, 4) is 5.75 Å². The van der Waals surface area contributed by atoms with Crippen LogP contribution in [-0.4, -0.2) is 12.4 Å². The second kappa shape index (κ2) is 6.44. The van der Waals surface area contributed by atoms with E-state index in [0.29, 0.717) is 6.61 Å². The molecule has 0 bridgehead atoms. The predicted octanol–water partition coefficient (Wildman–Crippen LogP) is 4.84. The molecule has 1 aliphatic carbocycles. The highest BCUT2D eigenvalue weighted by Gasteiger charge is 2.27. The Morgan fingerprint density at radius 1 is 1.29 bits per heavy atom. The number of carbonyl (C=O) groups is 1. The normalized spacial score (nSPS) is 17.3. The summed E-state index contributed by atoms with van der Waals surface area (Å²) < 4.78 is 5.57. The minimum absolute atomic E-state index is 0.0439. The van der Waals surface area contributed by atoms with E-state index in [-0.39, 0.29) is 11.7 Å². The van der Waals surface area contributed by atoms with Crippen molar-refractivity contribution >= 4 is 17.1 Å². The van der Waals surface area contributed by atoms with E-state index in [4.69, 9.17) is 4.74 Å². The number of aryl methyl sites for hydroxylation is 1. The number of hydrogen-bond acceptors (Lipinski definition) is 3. The third-order valence-corrected chi connectivity index (χ3v) is 4.98. The van der Waals surface area contributed by atoms with Gasteiger partial charge in [-0.05, 0) is 67.0 Å². The Balaban J connectivity index is 1.77. The number of Topliss-reactive ketones (excluding diaryl/α,β-unsaturated/α-hetero) is 1. The Morgan fingerprint density at radius 3 is 2.86 bits per heavy atom. The summed E-state index contributed by atoms with van der Waals surface area (Å²) in [5.41, 5.74) is 2.05. The lowest BCUT2D eigenvalue weighted by molar-refractivity contribution is 0.0951. The molecular weight excluding hydrogens is 280 g/mol. The minimum atomic E-state index is 0.0439. The van der Waals surface area contributed by atoms with Crippen LogP contribution in [0.15, 0.2) is 35.7 Å². The molecule has 3 heteroatoms. The summed E-state index contributed by atoms with van der Waals surface area (Å²) in [5.74, 6) is 1.13. The molecule has 1 atom stereocenters. The Hall–Kier alpha value is -1.61. The van der Waals surface area contributed by atoms with Crippen LogP contribution < -0.4 is 4.74 Å². The Kier molecular flexibility index (Phi) is 4.39. The van der Waals surface area contributed by atoms with Gasteiger partial charge in [0.25, 0.3) is 0 Å². The van der Waals surface area contributed by atoms with Crippen molar-refractivity contribution in [3.63, 3.8) is 0 Å². The molecule has 0 saturated heterocycles. The number of ether oxygens (including phenoxy) is 1. The standard InChI is InChI=1S/C18H20O2S/c1-2-11-20-14-8-6-13(7-9-14)18(19)16-4-3-5-17-15(16)10-12-21-17/h6-10,12,16H,2-5,11H2,1H3. The van der Waals surface area contributed by atoms with Gasteiger partial charge in [0.2, 0.25) is 0 Å². The van der Waals surface area contributed by atoms with Gasteiger partial charge >= 0.3 is 0 Å². The summed E-state index contributed by atoms with van der Waals surface area (Å²) in [5, 5.41) is 2.11. The van der Waals surface area contributed by atoms with Gasteiger partial charge in [0.15, 0.2) is 5.78 Å². The van der Waals surface area contributed by atoms with Gasteiger partial charge in [0.1, 0.15) is 5.75 Å². The maximum atomic E-state index is 12.7. The first kappa shape index (κ1) is 14.3. The van der Waals surface area contributed by atoms with E-state index in [1.165, 1.54) is 10.4 Å². The monoisotopic (exact) mass is 300 g/mol. The fourth-order valence-electron chi connectivity index (χ4n) is 2.90. The second-order valence-electron chi connectivity index (χ2n) is 5.48. The zero-order valence-electron chi connectivity index (χ0n) is 12.3. The topological polar surface area (TPSA) is 26.3 Å². The minimum Gasteiger partial charge on any atom is -0.494 e. The molecule has 1 aromatic carbocycles. The SMILES string of the molecule is CCCOc1ccc(C(=O)C2CCCc3sccc32)cc1. The number of carbonyl (C=O) groups excluding carboxylic acids is 1. The third-order valence-electron chi connectivity index (χ3n) is 3.98. The van der Waals surface area contributed by atoms with Gasteiger partial charge in [-0.3, -0.25) is 4.79 Å². The molecule has 3 rings (SSSR count). The van der Waals surface area contributed by atoms with Crippen molar-refractivity contribution in [1.29, 1.82) is 0 Å². The summed E-state index contributed by atoms with van der Waals surface area (Å²) in [4.78, 5) is 14.1. The maximum Gasteiger partial charge on any atom is 0.170 e. The van der Waals surface area contributed by atoms with Gasteiger partial charge in [-0.25, -0.2) is 0 Å². The number of hydrogen-bond donors (Lipinski definition) is 0. The van der Waals surface area contributed by atoms with E-state index < -0.39 is 0 Å². The molecule has 0 spiro atoms. The summed E-state index contributed by atoms with van der Waals surface area (Å²) in [6.45, 7) is 2.80. The van der Waals surface area contributed by atoms with E-state index in [0.717, 1.165) is 37.0 Å². The van der Waals surface area contributed by atoms with E-state index in [9.17, 15) is 4.79 Å². The van der Waals surface area contributed by atoms with E-state index in [1.54, 1.807) is 11.3 Å². The largest absolute Gasteiger partial charge is 0.494 e. The van der Waals surface area contributed by atoms with Crippen LogP contribution in [0.25, 0.3) is 0 Å². The molecule has 21 heavy (non-hydrogen) atoms. The molecule has 2 aromatic rings. The number of thiophene rings is 1. The zero-order chi connectivity index (χ0) is 14.7. The molecular formula is C18H20O2S. The fourth-order valence-corrected chi connectivity index (χ4v) is 3.88. The first-order chi connectivity index (χ1) is 10.3. The lowest BCUT2D eigenvalue weighted by Gasteiger charge is -2.21. The summed E-state index contributed by atoms with van der Waals surface area (Å²) in [7, 11) is 0. The van der Waals surface area contributed by atoms with Crippen LogP contribution in [-0.2, 0) is 6.42 Å². The van der Waals surface area contributed by atoms with Crippen LogP contribution in [0.4, 0.5) is 0 Å². The predicted molar refractivity (Wildman–Crippen MR) is 86.6 cm³/mol. The molecule has 0 aliphatic heterocycles. The quantitative estimate of drug-likeness (QED) is 0.739. The van der Waals surface area contributed by atoms with E-state index in [2.05, 4.69) is 18.4 Å². The average Bonchev–Trinajstić information content (AvgIpc) is 3.01. The molecule has 0 radical (unpaired) electrons. The molecule has 1 aromatic heterocycles. The summed E-state index contributed by atoms with van der Waals surface area (Å²) >= 11 is 1.78. The summed E-state index contributed by atoms with van der Waals surface area (Å²) in [6.07, 6.45) is 4.20. The van der Waals surface area contributed by atoms with Crippen LogP contribution in [0.5, 0.6) is 5.75 Å². The highest BCUT2D eigenvalue weighted by Crippen LogP contribution is 2.37. The molecule has 0 amide bonds. The van der Waals surface area contributed by atoms with Crippen LogP contribution in [0, 0.1) is 0 Å². The van der Waals surface area contributed by atoms with Gasteiger partial charge in [0.05, 0.1) is 6.61 Å². The summed E-state index contributed by atoms with van der Waals surface area (Å²) in [6, 6.07) is 9.73. The van der Waals surface area contributed by atoms with Gasteiger partial charge in [0, 0.05) is 16.4 Å². The lowest BCUT2D eigenvalue weighted by atomic mass is 9.82. The van der Waals surface area contributed by atoms with Crippen LogP contribution >= 0.6 is 11.3 Å². The molecule has 0 saturated carbocycles. The first-order valence-electron chi connectivity index (χ1n) is 7.63. The lowest BCUT2D eigenvalue weighted by Crippen LogP contribution is -2.17. The van der Waals surface area contributed by atoms with E-state index in [1.807, 2.05) is 24.3 Å². The molecule has 2 nitrogen and oxygen atoms in total. The smallest absolute Gasteiger partial charge is 0.170 e. The molecule has 0 N–H and O–H groups in total. The second-order valence-corrected chi connectivity index (χ2v) is 6.48. The van der Waals surface area contributed by atoms with Crippen molar-refractivity contribution in [3.05, 3.63) is 51.7 Å². The van der Waals surface area contributed by atoms with Crippen molar-refractivity contribution < 1.29 is 9.53 Å². The first-order valence-corrected chi connectivity index (χ1v) is 8.51. The molecule has 1 aliphatic rings. The average molecular weight is 300 g/mol.